The zero-order chi connectivity index (χ0) is 20.7. The summed E-state index contributed by atoms with van der Waals surface area (Å²) in [4.78, 5) is 14.3. The number of ether oxygens (including phenoxy) is 1. The highest BCUT2D eigenvalue weighted by atomic mass is 32.2. The molecule has 3 atom stereocenters. The van der Waals surface area contributed by atoms with Crippen LogP contribution in [0.25, 0.3) is 21.9 Å². The number of aromatic nitrogens is 4. The van der Waals surface area contributed by atoms with Crippen molar-refractivity contribution >= 4 is 45.3 Å². The number of hydrogen-bond acceptors (Lipinski definition) is 7. The van der Waals surface area contributed by atoms with Crippen molar-refractivity contribution < 1.29 is 4.74 Å². The molecule has 0 spiro atoms. The molecule has 4 aromatic rings. The Morgan fingerprint density at radius 2 is 2.10 bits per heavy atom. The van der Waals surface area contributed by atoms with Gasteiger partial charge in [0.05, 0.1) is 17.0 Å². The number of nitrogens with one attached hydrogen (secondary N) is 1. The van der Waals surface area contributed by atoms with Gasteiger partial charge in [-0.2, -0.15) is 0 Å². The van der Waals surface area contributed by atoms with Gasteiger partial charge < -0.3 is 20.4 Å². The minimum absolute atomic E-state index is 0.0335. The van der Waals surface area contributed by atoms with Gasteiger partial charge in [0.25, 0.3) is 0 Å². The molecule has 5 rings (SSSR count). The molecule has 0 saturated carbocycles. The second-order valence-electron chi connectivity index (χ2n) is 7.67. The summed E-state index contributed by atoms with van der Waals surface area (Å²) < 4.78 is 8.50. The highest BCUT2D eigenvalue weighted by Gasteiger charge is 2.34. The Balaban J connectivity index is 1.30. The molecule has 8 heteroatoms. The quantitative estimate of drug-likeness (QED) is 0.465. The van der Waals surface area contributed by atoms with Gasteiger partial charge in [0, 0.05) is 29.3 Å². The monoisotopic (exact) mass is 420 g/mol. The van der Waals surface area contributed by atoms with E-state index in [2.05, 4.69) is 56.0 Å². The smallest absolute Gasteiger partial charge is 0.147 e. The number of nitrogen functional groups attached to an aromatic ring is 1. The van der Waals surface area contributed by atoms with Crippen LogP contribution < -0.4 is 11.1 Å². The fraction of sp³-hybridized carbons (Fsp3) is 0.318. The second kappa shape index (κ2) is 7.77. The number of anilines is 2. The van der Waals surface area contributed by atoms with Crippen LogP contribution in [0.5, 0.6) is 0 Å². The van der Waals surface area contributed by atoms with Gasteiger partial charge in [-0.05, 0) is 42.7 Å². The van der Waals surface area contributed by atoms with Crippen molar-refractivity contribution in [2.75, 3.05) is 23.9 Å². The SMILES string of the molecule is CNc1ccc2ccc(SCC3OC(n4ccc5c(N)ncnc54)CC3C)cc2n1. The number of rotatable bonds is 5. The molecule has 0 amide bonds. The first kappa shape index (κ1) is 19.1. The lowest BCUT2D eigenvalue weighted by Crippen LogP contribution is -2.17. The average molecular weight is 421 g/mol. The van der Waals surface area contributed by atoms with E-state index in [9.17, 15) is 0 Å². The van der Waals surface area contributed by atoms with Crippen LogP contribution >= 0.6 is 11.8 Å². The summed E-state index contributed by atoms with van der Waals surface area (Å²) in [5.74, 6) is 2.73. The third kappa shape index (κ3) is 3.46. The minimum Gasteiger partial charge on any atom is -0.383 e. The van der Waals surface area contributed by atoms with Crippen LogP contribution in [-0.4, -0.2) is 38.4 Å². The molecule has 154 valence electrons. The van der Waals surface area contributed by atoms with Crippen molar-refractivity contribution in [1.82, 2.24) is 19.5 Å². The summed E-state index contributed by atoms with van der Waals surface area (Å²) in [6.07, 6.45) is 4.59. The third-order valence-corrected chi connectivity index (χ3v) is 6.81. The Morgan fingerprint density at radius 3 is 2.97 bits per heavy atom. The van der Waals surface area contributed by atoms with E-state index in [0.717, 1.165) is 39.9 Å². The molecule has 0 radical (unpaired) electrons. The van der Waals surface area contributed by atoms with Crippen molar-refractivity contribution in [3.8, 4) is 0 Å². The Labute approximate surface area is 179 Å². The van der Waals surface area contributed by atoms with E-state index in [4.69, 9.17) is 10.5 Å². The van der Waals surface area contributed by atoms with E-state index in [-0.39, 0.29) is 12.3 Å². The van der Waals surface area contributed by atoms with Crippen LogP contribution in [0.3, 0.4) is 0 Å². The maximum Gasteiger partial charge on any atom is 0.147 e. The number of nitrogens with two attached hydrogens (primary N) is 1. The van der Waals surface area contributed by atoms with Gasteiger partial charge in [-0.1, -0.05) is 13.0 Å². The van der Waals surface area contributed by atoms with Crippen molar-refractivity contribution in [3.63, 3.8) is 0 Å². The van der Waals surface area contributed by atoms with Crippen molar-refractivity contribution in [2.24, 2.45) is 5.92 Å². The van der Waals surface area contributed by atoms with Crippen molar-refractivity contribution in [3.05, 3.63) is 48.9 Å². The van der Waals surface area contributed by atoms with Gasteiger partial charge in [-0.15, -0.1) is 11.8 Å². The summed E-state index contributed by atoms with van der Waals surface area (Å²) in [6, 6.07) is 12.5. The maximum absolute atomic E-state index is 6.43. The van der Waals surface area contributed by atoms with Crippen LogP contribution in [-0.2, 0) is 4.74 Å². The van der Waals surface area contributed by atoms with E-state index in [1.807, 2.05) is 37.1 Å². The lowest BCUT2D eigenvalue weighted by molar-refractivity contribution is 0.0106. The lowest BCUT2D eigenvalue weighted by atomic mass is 10.1. The standard InChI is InChI=1S/C22H24N6OS/c1-13-9-20(28-8-7-16-21(23)25-12-26-22(16)28)29-18(13)11-30-15-5-3-14-4-6-19(24-2)27-17(14)10-15/h3-8,10,12-13,18,20H,9,11H2,1-2H3,(H,24,27)(H2,23,25,26). The molecule has 3 aromatic heterocycles. The molecule has 0 bridgehead atoms. The lowest BCUT2D eigenvalue weighted by Gasteiger charge is -2.16. The van der Waals surface area contributed by atoms with Gasteiger partial charge in [0.15, 0.2) is 0 Å². The van der Waals surface area contributed by atoms with Gasteiger partial charge in [0.2, 0.25) is 0 Å². The topological polar surface area (TPSA) is 90.9 Å². The molecule has 1 saturated heterocycles. The van der Waals surface area contributed by atoms with Crippen LogP contribution in [0.15, 0.2) is 53.8 Å². The van der Waals surface area contributed by atoms with E-state index >= 15 is 0 Å². The number of nitrogens with zero attached hydrogens (tertiary/aromatic N) is 4. The molecule has 30 heavy (non-hydrogen) atoms. The Kier molecular flexibility index (Phi) is 4.96. The first-order chi connectivity index (χ1) is 14.6. The zero-order valence-electron chi connectivity index (χ0n) is 16.9. The first-order valence-electron chi connectivity index (χ1n) is 10.1. The molecule has 1 aromatic carbocycles. The molecule has 3 N–H and O–H groups in total. The summed E-state index contributed by atoms with van der Waals surface area (Å²) in [7, 11) is 1.89. The third-order valence-electron chi connectivity index (χ3n) is 5.72. The van der Waals surface area contributed by atoms with Crippen molar-refractivity contribution in [1.29, 1.82) is 0 Å². The second-order valence-corrected chi connectivity index (χ2v) is 8.77. The molecule has 1 aliphatic heterocycles. The van der Waals surface area contributed by atoms with Gasteiger partial charge in [-0.25, -0.2) is 15.0 Å². The molecule has 1 fully saturated rings. The fourth-order valence-corrected chi connectivity index (χ4v) is 5.09. The predicted octanol–water partition coefficient (Wildman–Crippen LogP) is 4.32. The van der Waals surface area contributed by atoms with Crippen LogP contribution in [0.4, 0.5) is 11.6 Å². The molecule has 0 aliphatic carbocycles. The molecular weight excluding hydrogens is 396 g/mol. The first-order valence-corrected chi connectivity index (χ1v) is 11.0. The average Bonchev–Trinajstić information content (AvgIpc) is 3.35. The van der Waals surface area contributed by atoms with Crippen LogP contribution in [0.1, 0.15) is 19.6 Å². The predicted molar refractivity (Wildman–Crippen MR) is 122 cm³/mol. The Bertz CT molecular complexity index is 1210. The minimum atomic E-state index is -0.0335. The van der Waals surface area contributed by atoms with Gasteiger partial charge in [-0.3, -0.25) is 0 Å². The molecule has 3 unspecified atom stereocenters. The number of fused-ring (bicyclic) bond motifs is 2. The van der Waals surface area contributed by atoms with Gasteiger partial charge in [0.1, 0.15) is 29.8 Å². The van der Waals surface area contributed by atoms with Crippen molar-refractivity contribution in [2.45, 2.75) is 30.6 Å². The highest BCUT2D eigenvalue weighted by Crippen LogP contribution is 2.38. The number of benzene rings is 1. The molecule has 7 nitrogen and oxygen atoms in total. The summed E-state index contributed by atoms with van der Waals surface area (Å²) >= 11 is 1.81. The fourth-order valence-electron chi connectivity index (χ4n) is 3.97. The Hall–Kier alpha value is -2.84. The summed E-state index contributed by atoms with van der Waals surface area (Å²) in [6.45, 7) is 2.25. The molecule has 1 aliphatic rings. The van der Waals surface area contributed by atoms with Gasteiger partial charge >= 0.3 is 0 Å². The number of pyridine rings is 1. The van der Waals surface area contributed by atoms with Crippen LogP contribution in [0.2, 0.25) is 0 Å². The normalized spacial score (nSPS) is 21.5. The van der Waals surface area contributed by atoms with E-state index in [0.29, 0.717) is 11.7 Å². The largest absolute Gasteiger partial charge is 0.383 e. The summed E-state index contributed by atoms with van der Waals surface area (Å²) in [5.41, 5.74) is 7.80. The number of thioether (sulfide) groups is 1. The summed E-state index contributed by atoms with van der Waals surface area (Å²) in [5, 5.41) is 5.11. The zero-order valence-corrected chi connectivity index (χ0v) is 17.8. The Morgan fingerprint density at radius 1 is 1.23 bits per heavy atom. The number of hydrogen-bond donors (Lipinski definition) is 2. The van der Waals surface area contributed by atoms with E-state index in [1.165, 1.54) is 11.2 Å². The molecule has 4 heterocycles. The van der Waals surface area contributed by atoms with E-state index in [1.54, 1.807) is 0 Å². The maximum atomic E-state index is 6.43. The van der Waals surface area contributed by atoms with E-state index < -0.39 is 0 Å². The molecular formula is C22H24N6OS. The highest BCUT2D eigenvalue weighted by molar-refractivity contribution is 7.99. The van der Waals surface area contributed by atoms with Crippen LogP contribution in [0, 0.1) is 5.92 Å².